The first-order valence-electron chi connectivity index (χ1n) is 0. The molecular formula is H9FePSeSi. The first-order valence-corrected chi connectivity index (χ1v) is 0. The Morgan fingerprint density at radius 1 is 1.00 bits per heavy atom. The van der Waals surface area contributed by atoms with Crippen LogP contribution in [0.2, 0.25) is 0 Å². The predicted molar refractivity (Wildman–Crippen MR) is 31.0 cm³/mol. The minimum absolute atomic E-state index is 0. The summed E-state index contributed by atoms with van der Waals surface area (Å²) < 4.78 is 0. The van der Waals surface area contributed by atoms with Gasteiger partial charge in [0, 0.05) is 17.1 Å². The van der Waals surface area contributed by atoms with Crippen LogP contribution in [0.15, 0.2) is 0 Å². The minimum Gasteiger partial charge on any atom is -0.0149 e. The Kier molecular flexibility index (Phi) is 246. The van der Waals surface area contributed by atoms with E-state index in [2.05, 4.69) is 0 Å². The van der Waals surface area contributed by atoms with E-state index in [1.807, 2.05) is 0 Å². The molecule has 0 aliphatic carbocycles. The van der Waals surface area contributed by atoms with Crippen molar-refractivity contribution < 1.29 is 17.1 Å². The Labute approximate surface area is 55.1 Å². The van der Waals surface area contributed by atoms with E-state index < -0.39 is 0 Å². The molecule has 0 aromatic carbocycles. The maximum atomic E-state index is 0. The Morgan fingerprint density at radius 3 is 1.00 bits per heavy atom. The second-order valence-corrected chi connectivity index (χ2v) is 0. The molecule has 0 aromatic rings. The molecule has 0 spiro atoms. The standard InChI is InChI=1S/Fe.H3P.H2Se.H4Si/h;1H3;1H2;1H4. The van der Waals surface area contributed by atoms with Crippen LogP contribution in [-0.4, -0.2) is 28.0 Å². The van der Waals surface area contributed by atoms with Gasteiger partial charge in [-0.2, -0.15) is 9.90 Å². The fraction of sp³-hybridized carbons (Fsp3) is 0. The average molecular weight is 203 g/mol. The third-order valence-electron chi connectivity index (χ3n) is 0. The number of rotatable bonds is 0. The van der Waals surface area contributed by atoms with E-state index in [0.717, 1.165) is 0 Å². The number of hydrogen-bond donors (Lipinski definition) is 0. The summed E-state index contributed by atoms with van der Waals surface area (Å²) in [6.07, 6.45) is 0. The number of hydrogen-bond acceptors (Lipinski definition) is 0. The normalized spacial score (nSPS) is 0. The van der Waals surface area contributed by atoms with Crippen molar-refractivity contribution in [2.75, 3.05) is 0 Å². The molecule has 0 N–H and O–H groups in total. The molecule has 0 amide bonds. The van der Waals surface area contributed by atoms with Crippen molar-refractivity contribution in [1.29, 1.82) is 0 Å². The van der Waals surface area contributed by atoms with Crippen LogP contribution in [0.1, 0.15) is 0 Å². The molecule has 0 radical (unpaired) electrons. The third-order valence-corrected chi connectivity index (χ3v) is 0. The van der Waals surface area contributed by atoms with E-state index >= 15 is 0 Å². The van der Waals surface area contributed by atoms with Crippen LogP contribution >= 0.6 is 9.90 Å². The van der Waals surface area contributed by atoms with Crippen LogP contribution in [-0.2, 0) is 17.1 Å². The van der Waals surface area contributed by atoms with Gasteiger partial charge in [-0.1, -0.05) is 0 Å². The first-order chi connectivity index (χ1) is 0. The third kappa shape index (κ3) is 9.36. The van der Waals surface area contributed by atoms with Crippen LogP contribution in [0.5, 0.6) is 0 Å². The fourth-order valence-electron chi connectivity index (χ4n) is 0. The van der Waals surface area contributed by atoms with Crippen LogP contribution in [0.4, 0.5) is 0 Å². The Balaban J connectivity index is 0. The van der Waals surface area contributed by atoms with Crippen LogP contribution in [0.25, 0.3) is 0 Å². The first kappa shape index (κ1) is 43.9. The van der Waals surface area contributed by atoms with E-state index in [-0.39, 0.29) is 55.0 Å². The molecule has 4 heteroatoms. The summed E-state index contributed by atoms with van der Waals surface area (Å²) in [5.41, 5.74) is 0. The van der Waals surface area contributed by atoms with Gasteiger partial charge < -0.3 is 0 Å². The van der Waals surface area contributed by atoms with Gasteiger partial charge in [-0.25, -0.2) is 0 Å². The zero-order valence-electron chi connectivity index (χ0n) is 1.56. The molecule has 0 saturated carbocycles. The summed E-state index contributed by atoms with van der Waals surface area (Å²) in [5.74, 6) is 0. The van der Waals surface area contributed by atoms with E-state index in [4.69, 9.17) is 0 Å². The molecule has 1 atom stereocenters. The van der Waals surface area contributed by atoms with E-state index in [1.54, 1.807) is 0 Å². The Bertz CT molecular complexity index is 8.00. The van der Waals surface area contributed by atoms with Gasteiger partial charge in [-0.15, -0.1) is 0 Å². The second kappa shape index (κ2) is 22.4. The van der Waals surface area contributed by atoms with Crippen molar-refractivity contribution >= 4 is 37.9 Å². The molecule has 0 aromatic heterocycles. The average Bonchev–Trinajstić information content (AvgIpc) is 0. The Hall–Kier alpha value is 1.69. The SMILES string of the molecule is P.[Fe].[SeH2].[SiH4]. The summed E-state index contributed by atoms with van der Waals surface area (Å²) in [6, 6.07) is 0. The second-order valence-electron chi connectivity index (χ2n) is 0. The maximum Gasteiger partial charge on any atom is -0.0149 e. The van der Waals surface area contributed by atoms with Crippen LogP contribution in [0.3, 0.4) is 0 Å². The predicted octanol–water partition coefficient (Wildman–Crippen LogP) is -2.31. The Morgan fingerprint density at radius 2 is 1.00 bits per heavy atom. The largest absolute Gasteiger partial charge is 0.0149 e. The zero-order valence-corrected chi connectivity index (χ0v) is 6.18. The van der Waals surface area contributed by atoms with Crippen molar-refractivity contribution in [3.8, 4) is 0 Å². The molecule has 1 unspecified atom stereocenters. The molecule has 0 saturated heterocycles. The monoisotopic (exact) mass is 204 g/mol. The van der Waals surface area contributed by atoms with E-state index in [0.29, 0.717) is 0 Å². The van der Waals surface area contributed by atoms with Crippen molar-refractivity contribution in [2.24, 2.45) is 0 Å². The maximum absolute atomic E-state index is 0. The topological polar surface area (TPSA) is 0 Å². The smallest absolute Gasteiger partial charge is 0.0149 e. The summed E-state index contributed by atoms with van der Waals surface area (Å²) >= 11 is 0. The van der Waals surface area contributed by atoms with E-state index in [1.165, 1.54) is 0 Å². The van der Waals surface area contributed by atoms with Crippen molar-refractivity contribution in [3.05, 3.63) is 0 Å². The quantitative estimate of drug-likeness (QED) is 0.306. The van der Waals surface area contributed by atoms with Crippen LogP contribution < -0.4 is 0 Å². The molecule has 0 heterocycles. The molecule has 0 aliphatic heterocycles. The van der Waals surface area contributed by atoms with Gasteiger partial charge in [0.25, 0.3) is 0 Å². The summed E-state index contributed by atoms with van der Waals surface area (Å²) in [4.78, 5) is 0. The van der Waals surface area contributed by atoms with Gasteiger partial charge in [0.15, 0.2) is 0 Å². The van der Waals surface area contributed by atoms with Crippen LogP contribution in [0, 0.1) is 0 Å². The van der Waals surface area contributed by atoms with Gasteiger partial charge in [0.1, 0.15) is 0 Å². The molecular weight excluding hydrogens is 194 g/mol. The van der Waals surface area contributed by atoms with E-state index in [9.17, 15) is 0 Å². The van der Waals surface area contributed by atoms with Crippen molar-refractivity contribution in [3.63, 3.8) is 0 Å². The van der Waals surface area contributed by atoms with Gasteiger partial charge in [-0.05, 0) is 11.0 Å². The molecule has 32 valence electrons. The fourth-order valence-corrected chi connectivity index (χ4v) is 0. The summed E-state index contributed by atoms with van der Waals surface area (Å²) in [5, 5.41) is 0. The molecule has 0 fully saturated rings. The molecule has 4 heavy (non-hydrogen) atoms. The van der Waals surface area contributed by atoms with Gasteiger partial charge in [-0.3, -0.25) is 0 Å². The van der Waals surface area contributed by atoms with Gasteiger partial charge in [0.2, 0.25) is 0 Å². The van der Waals surface area contributed by atoms with Gasteiger partial charge >= 0.3 is 17.1 Å². The van der Waals surface area contributed by atoms with Crippen molar-refractivity contribution in [2.45, 2.75) is 0 Å². The molecule has 0 aliphatic rings. The zero-order chi connectivity index (χ0) is 0. The summed E-state index contributed by atoms with van der Waals surface area (Å²) in [7, 11) is 0. The van der Waals surface area contributed by atoms with Gasteiger partial charge in [0.05, 0.1) is 0 Å². The minimum atomic E-state index is 0. The molecule has 0 bridgehead atoms. The summed E-state index contributed by atoms with van der Waals surface area (Å²) in [6.45, 7) is 0. The van der Waals surface area contributed by atoms with Crippen molar-refractivity contribution in [1.82, 2.24) is 0 Å². The molecule has 0 nitrogen and oxygen atoms in total. The molecule has 0 rings (SSSR count).